The van der Waals surface area contributed by atoms with Crippen molar-refractivity contribution in [2.45, 2.75) is 12.0 Å². The summed E-state index contributed by atoms with van der Waals surface area (Å²) in [4.78, 5) is 55.4. The number of rotatable bonds is 3. The van der Waals surface area contributed by atoms with Gasteiger partial charge in [0.1, 0.15) is 12.3 Å². The fraction of sp³-hybridized carbons (Fsp3) is 0.364. The van der Waals surface area contributed by atoms with Crippen molar-refractivity contribution < 1.29 is 28.3 Å². The van der Waals surface area contributed by atoms with Crippen LogP contribution in [-0.2, 0) is 15.1 Å². The summed E-state index contributed by atoms with van der Waals surface area (Å²) in [7, 11) is 0. The highest BCUT2D eigenvalue weighted by Gasteiger charge is 2.55. The van der Waals surface area contributed by atoms with Crippen molar-refractivity contribution in [3.63, 3.8) is 0 Å². The molecule has 1 aromatic heterocycles. The van der Waals surface area contributed by atoms with Crippen molar-refractivity contribution in [1.82, 2.24) is 20.0 Å². The first kappa shape index (κ1) is 20.1. The summed E-state index contributed by atoms with van der Waals surface area (Å²) in [5, 5.41) is 2.79. The Hall–Kier alpha value is -3.82. The number of nitrogens with one attached hydrogen (secondary N) is 1. The number of amides is 5. The van der Waals surface area contributed by atoms with Crippen molar-refractivity contribution in [1.29, 1.82) is 0 Å². The molecule has 0 unspecified atom stereocenters. The smallest absolute Gasteiger partial charge is 0.325 e. The zero-order valence-electron chi connectivity index (χ0n) is 17.3. The van der Waals surface area contributed by atoms with Gasteiger partial charge in [-0.3, -0.25) is 19.3 Å². The van der Waals surface area contributed by atoms with Crippen LogP contribution in [0.15, 0.2) is 47.1 Å². The minimum Gasteiger partial charge on any atom is -0.493 e. The molecule has 5 rings (SSSR count). The van der Waals surface area contributed by atoms with Gasteiger partial charge in [0, 0.05) is 38.2 Å². The molecule has 3 aliphatic rings. The fourth-order valence-electron chi connectivity index (χ4n) is 4.47. The van der Waals surface area contributed by atoms with Crippen LogP contribution in [0.25, 0.3) is 0 Å². The monoisotopic (exact) mass is 438 g/mol. The van der Waals surface area contributed by atoms with Crippen LogP contribution in [0.3, 0.4) is 0 Å². The van der Waals surface area contributed by atoms with Gasteiger partial charge in [-0.05, 0) is 18.2 Å². The molecule has 1 atom stereocenters. The van der Waals surface area contributed by atoms with Crippen molar-refractivity contribution in [3.05, 3.63) is 54.0 Å². The number of hydrogen-bond donors (Lipinski definition) is 1. The van der Waals surface area contributed by atoms with Gasteiger partial charge in [-0.15, -0.1) is 0 Å². The Morgan fingerprint density at radius 2 is 1.75 bits per heavy atom. The number of carbonyl (C=O) groups excluding carboxylic acids is 4. The van der Waals surface area contributed by atoms with Crippen LogP contribution in [0.1, 0.15) is 22.5 Å². The molecule has 32 heavy (non-hydrogen) atoms. The topological polar surface area (TPSA) is 112 Å². The number of hydrogen-bond acceptors (Lipinski definition) is 6. The second-order valence-corrected chi connectivity index (χ2v) is 7.97. The molecule has 5 amide bonds. The number of para-hydroxylation sites is 1. The quantitative estimate of drug-likeness (QED) is 0.710. The number of ether oxygens (including phenoxy) is 1. The van der Waals surface area contributed by atoms with Gasteiger partial charge in [0.05, 0.1) is 12.9 Å². The first-order valence-electron chi connectivity index (χ1n) is 10.5. The third-order valence-corrected chi connectivity index (χ3v) is 6.20. The molecular weight excluding hydrogens is 416 g/mol. The molecule has 166 valence electrons. The van der Waals surface area contributed by atoms with Crippen LogP contribution in [-0.4, -0.2) is 77.8 Å². The second kappa shape index (κ2) is 7.70. The summed E-state index contributed by atoms with van der Waals surface area (Å²) in [6.07, 6.45) is 1.74. The summed E-state index contributed by atoms with van der Waals surface area (Å²) in [5.41, 5.74) is -0.606. The lowest BCUT2D eigenvalue weighted by molar-refractivity contribution is -0.140. The average Bonchev–Trinajstić information content (AvgIpc) is 3.43. The van der Waals surface area contributed by atoms with E-state index in [1.165, 1.54) is 6.26 Å². The van der Waals surface area contributed by atoms with Crippen molar-refractivity contribution >= 4 is 23.8 Å². The van der Waals surface area contributed by atoms with Gasteiger partial charge in [0.2, 0.25) is 5.91 Å². The number of imide groups is 1. The molecule has 1 aromatic carbocycles. The van der Waals surface area contributed by atoms with Gasteiger partial charge >= 0.3 is 6.03 Å². The van der Waals surface area contributed by atoms with E-state index in [2.05, 4.69) is 5.32 Å². The predicted molar refractivity (Wildman–Crippen MR) is 110 cm³/mol. The van der Waals surface area contributed by atoms with Gasteiger partial charge in [-0.25, -0.2) is 4.79 Å². The summed E-state index contributed by atoms with van der Waals surface area (Å²) in [5.74, 6) is -0.199. The van der Waals surface area contributed by atoms with Crippen LogP contribution in [0.4, 0.5) is 4.79 Å². The second-order valence-electron chi connectivity index (χ2n) is 7.97. The van der Waals surface area contributed by atoms with Crippen LogP contribution < -0.4 is 10.1 Å². The minimum absolute atomic E-state index is 0.226. The molecule has 2 fully saturated rings. The normalized spacial score (nSPS) is 22.6. The van der Waals surface area contributed by atoms with Gasteiger partial charge < -0.3 is 24.3 Å². The van der Waals surface area contributed by atoms with E-state index in [1.54, 1.807) is 46.2 Å². The largest absolute Gasteiger partial charge is 0.493 e. The molecule has 10 heteroatoms. The number of urea groups is 1. The predicted octanol–water partition coefficient (Wildman–Crippen LogP) is 0.794. The Balaban J connectivity index is 1.25. The SMILES string of the molecule is O=C(CN1C(=O)N[C@]2(CCOc3ccccc32)C1=O)N1CCN(C(=O)c2ccco2)CC1. The summed E-state index contributed by atoms with van der Waals surface area (Å²) < 4.78 is 10.8. The van der Waals surface area contributed by atoms with Gasteiger partial charge in [0.25, 0.3) is 11.8 Å². The number of nitrogens with zero attached hydrogens (tertiary/aromatic N) is 3. The molecule has 0 aliphatic carbocycles. The number of piperazine rings is 1. The number of carbonyl (C=O) groups is 4. The van der Waals surface area contributed by atoms with Crippen molar-refractivity contribution in [3.8, 4) is 5.75 Å². The lowest BCUT2D eigenvalue weighted by Gasteiger charge is -2.35. The van der Waals surface area contributed by atoms with E-state index in [1.807, 2.05) is 0 Å². The van der Waals surface area contributed by atoms with E-state index in [-0.39, 0.29) is 30.7 Å². The highest BCUT2D eigenvalue weighted by Crippen LogP contribution is 2.40. The van der Waals surface area contributed by atoms with Crippen LogP contribution >= 0.6 is 0 Å². The maximum absolute atomic E-state index is 13.3. The molecule has 4 heterocycles. The van der Waals surface area contributed by atoms with E-state index in [0.717, 1.165) is 4.90 Å². The molecule has 2 aromatic rings. The Bertz CT molecular complexity index is 1080. The highest BCUT2D eigenvalue weighted by atomic mass is 16.5. The zero-order valence-corrected chi connectivity index (χ0v) is 17.3. The number of benzene rings is 1. The van der Waals surface area contributed by atoms with Crippen LogP contribution in [0.2, 0.25) is 0 Å². The Kier molecular flexibility index (Phi) is 4.84. The lowest BCUT2D eigenvalue weighted by Crippen LogP contribution is -2.53. The van der Waals surface area contributed by atoms with Crippen molar-refractivity contribution in [2.24, 2.45) is 0 Å². The van der Waals surface area contributed by atoms with Crippen LogP contribution in [0, 0.1) is 0 Å². The van der Waals surface area contributed by atoms with E-state index < -0.39 is 17.5 Å². The van der Waals surface area contributed by atoms with Gasteiger partial charge in [-0.2, -0.15) is 0 Å². The molecule has 1 spiro atoms. The summed E-state index contributed by atoms with van der Waals surface area (Å²) >= 11 is 0. The molecule has 2 saturated heterocycles. The highest BCUT2D eigenvalue weighted by molar-refractivity contribution is 6.09. The molecule has 0 saturated carbocycles. The van der Waals surface area contributed by atoms with E-state index in [9.17, 15) is 19.2 Å². The molecular formula is C22H22N4O6. The van der Waals surface area contributed by atoms with E-state index >= 15 is 0 Å². The fourth-order valence-corrected chi connectivity index (χ4v) is 4.47. The van der Waals surface area contributed by atoms with E-state index in [4.69, 9.17) is 9.15 Å². The van der Waals surface area contributed by atoms with Gasteiger partial charge in [-0.1, -0.05) is 18.2 Å². The summed E-state index contributed by atoms with van der Waals surface area (Å²) in [6, 6.07) is 9.76. The number of fused-ring (bicyclic) bond motifs is 2. The van der Waals surface area contributed by atoms with Gasteiger partial charge in [0.15, 0.2) is 11.3 Å². The third-order valence-electron chi connectivity index (χ3n) is 6.20. The molecule has 1 N–H and O–H groups in total. The molecule has 10 nitrogen and oxygen atoms in total. The third kappa shape index (κ3) is 3.19. The Morgan fingerprint density at radius 1 is 1.00 bits per heavy atom. The molecule has 0 bridgehead atoms. The van der Waals surface area contributed by atoms with E-state index in [0.29, 0.717) is 43.9 Å². The van der Waals surface area contributed by atoms with Crippen LogP contribution in [0.5, 0.6) is 5.75 Å². The number of furan rings is 1. The zero-order chi connectivity index (χ0) is 22.3. The first-order valence-corrected chi connectivity index (χ1v) is 10.5. The first-order chi connectivity index (χ1) is 15.5. The van der Waals surface area contributed by atoms with Crippen molar-refractivity contribution in [2.75, 3.05) is 39.3 Å². The minimum atomic E-state index is -1.21. The molecule has 0 radical (unpaired) electrons. The average molecular weight is 438 g/mol. The maximum atomic E-state index is 13.3. The standard InChI is InChI=1S/C22H22N4O6/c27-18(24-8-10-25(11-9-24)19(28)17-6-3-12-31-17)14-26-20(29)22(23-21(26)30)7-13-32-16-5-2-1-4-15(16)22/h1-6,12H,7-11,13-14H2,(H,23,30)/t22-/m0/s1. The maximum Gasteiger partial charge on any atom is 0.325 e. The molecule has 3 aliphatic heterocycles. The Morgan fingerprint density at radius 3 is 2.50 bits per heavy atom. The Labute approximate surface area is 183 Å². The summed E-state index contributed by atoms with van der Waals surface area (Å²) in [6.45, 7) is 1.27. The lowest BCUT2D eigenvalue weighted by atomic mass is 9.84.